The number of aliphatic hydroxyl groups is 1. The van der Waals surface area contributed by atoms with Crippen molar-refractivity contribution in [2.24, 2.45) is 5.92 Å². The molecule has 7 nitrogen and oxygen atoms in total. The van der Waals surface area contributed by atoms with Crippen LogP contribution in [0.1, 0.15) is 26.3 Å². The zero-order chi connectivity index (χ0) is 23.6. The van der Waals surface area contributed by atoms with E-state index in [0.717, 1.165) is 16.7 Å². The van der Waals surface area contributed by atoms with Crippen LogP contribution in [0.3, 0.4) is 0 Å². The topological polar surface area (TPSA) is 87.2 Å². The number of rotatable bonds is 5. The zero-order valence-corrected chi connectivity index (χ0v) is 20.1. The molecule has 1 aliphatic heterocycles. The predicted octanol–water partition coefficient (Wildman–Crippen LogP) is 2.91. The summed E-state index contributed by atoms with van der Waals surface area (Å²) in [5.74, 6) is -0.0480. The Kier molecular flexibility index (Phi) is 7.27. The van der Waals surface area contributed by atoms with Gasteiger partial charge in [-0.2, -0.15) is 4.31 Å². The van der Waals surface area contributed by atoms with Crippen molar-refractivity contribution in [3.8, 4) is 16.9 Å². The van der Waals surface area contributed by atoms with Gasteiger partial charge in [-0.3, -0.25) is 4.79 Å². The first-order chi connectivity index (χ1) is 15.0. The Hall–Kier alpha value is -2.42. The average molecular weight is 461 g/mol. The molecule has 0 aromatic heterocycles. The van der Waals surface area contributed by atoms with Crippen LogP contribution in [-0.4, -0.2) is 67.5 Å². The maximum Gasteiger partial charge on any atom is 0.247 e. The lowest BCUT2D eigenvalue weighted by molar-refractivity contribution is -0.129. The van der Waals surface area contributed by atoms with Gasteiger partial charge < -0.3 is 14.7 Å². The number of fused-ring (bicyclic) bond motifs is 1. The summed E-state index contributed by atoms with van der Waals surface area (Å²) in [6, 6.07) is 12.5. The van der Waals surface area contributed by atoms with E-state index >= 15 is 0 Å². The van der Waals surface area contributed by atoms with Gasteiger partial charge >= 0.3 is 0 Å². The molecule has 1 aliphatic rings. The minimum Gasteiger partial charge on any atom is -0.487 e. The summed E-state index contributed by atoms with van der Waals surface area (Å²) < 4.78 is 34.7. The number of sulfonamides is 1. The molecule has 2 aromatic rings. The van der Waals surface area contributed by atoms with Crippen LogP contribution in [-0.2, 0) is 14.8 Å². The van der Waals surface area contributed by atoms with E-state index in [1.54, 1.807) is 37.1 Å². The Balaban J connectivity index is 2.13. The summed E-state index contributed by atoms with van der Waals surface area (Å²) in [6.45, 7) is 7.30. The summed E-state index contributed by atoms with van der Waals surface area (Å²) >= 11 is 0. The largest absolute Gasteiger partial charge is 0.487 e. The number of ether oxygens (including phenoxy) is 1. The maximum atomic E-state index is 13.5. The van der Waals surface area contributed by atoms with E-state index in [0.29, 0.717) is 6.54 Å². The molecule has 2 aromatic carbocycles. The van der Waals surface area contributed by atoms with Gasteiger partial charge in [-0.25, -0.2) is 8.42 Å². The standard InChI is InChI=1S/C24H32N2O5S/c1-16-6-8-20(9-7-16)21-10-11-24-22(12-21)31-23(14-25(5)19(4)28)17(2)13-26(18(3)15-27)32(24,29)30/h6-12,17-18,23,27H,13-15H2,1-5H3/t17-,18+,23-/m1/s1. The Bertz CT molecular complexity index is 1070. The van der Waals surface area contributed by atoms with Crippen molar-refractivity contribution in [2.45, 2.75) is 44.7 Å². The summed E-state index contributed by atoms with van der Waals surface area (Å²) in [5, 5.41) is 9.72. The number of carbonyl (C=O) groups is 1. The van der Waals surface area contributed by atoms with E-state index < -0.39 is 22.2 Å². The molecule has 0 saturated heterocycles. The molecule has 1 N–H and O–H groups in total. The van der Waals surface area contributed by atoms with Crippen molar-refractivity contribution in [1.82, 2.24) is 9.21 Å². The molecule has 3 rings (SSSR count). The van der Waals surface area contributed by atoms with Crippen LogP contribution >= 0.6 is 0 Å². The lowest BCUT2D eigenvalue weighted by Gasteiger charge is -2.37. The van der Waals surface area contributed by atoms with Gasteiger partial charge in [-0.1, -0.05) is 42.8 Å². The maximum absolute atomic E-state index is 13.5. The summed E-state index contributed by atoms with van der Waals surface area (Å²) in [5.41, 5.74) is 2.92. The first-order valence-electron chi connectivity index (χ1n) is 10.8. The highest BCUT2D eigenvalue weighted by molar-refractivity contribution is 7.89. The molecule has 8 heteroatoms. The van der Waals surface area contributed by atoms with Gasteiger partial charge in [0.2, 0.25) is 15.9 Å². The molecule has 3 atom stereocenters. The van der Waals surface area contributed by atoms with E-state index in [1.165, 1.54) is 11.2 Å². The van der Waals surface area contributed by atoms with Crippen molar-refractivity contribution >= 4 is 15.9 Å². The Morgan fingerprint density at radius 3 is 2.44 bits per heavy atom. The molecule has 0 bridgehead atoms. The van der Waals surface area contributed by atoms with Crippen LogP contribution in [0.2, 0.25) is 0 Å². The Morgan fingerprint density at radius 2 is 1.84 bits per heavy atom. The number of hydrogen-bond donors (Lipinski definition) is 1. The first kappa shape index (κ1) is 24.2. The molecule has 0 spiro atoms. The molecule has 0 radical (unpaired) electrons. The van der Waals surface area contributed by atoms with Gasteiger partial charge in [-0.05, 0) is 37.1 Å². The monoisotopic (exact) mass is 460 g/mol. The second-order valence-corrected chi connectivity index (χ2v) is 10.5. The number of carbonyl (C=O) groups excluding carboxylic acids is 1. The van der Waals surface area contributed by atoms with Gasteiger partial charge in [0.15, 0.2) is 0 Å². The Labute approximate surface area is 190 Å². The quantitative estimate of drug-likeness (QED) is 0.741. The number of aliphatic hydroxyl groups excluding tert-OH is 1. The third-order valence-corrected chi connectivity index (χ3v) is 8.06. The van der Waals surface area contributed by atoms with Crippen LogP contribution in [0.25, 0.3) is 11.1 Å². The number of benzene rings is 2. The van der Waals surface area contributed by atoms with Crippen molar-refractivity contribution in [2.75, 3.05) is 26.7 Å². The van der Waals surface area contributed by atoms with Crippen molar-refractivity contribution < 1.29 is 23.1 Å². The summed E-state index contributed by atoms with van der Waals surface area (Å²) in [7, 11) is -2.19. The fourth-order valence-electron chi connectivity index (χ4n) is 3.77. The van der Waals surface area contributed by atoms with E-state index in [2.05, 4.69) is 0 Å². The molecule has 0 unspecified atom stereocenters. The second-order valence-electron chi connectivity index (χ2n) is 8.67. The zero-order valence-electron chi connectivity index (χ0n) is 19.3. The molecule has 0 fully saturated rings. The minimum atomic E-state index is -3.89. The van der Waals surface area contributed by atoms with Crippen molar-refractivity contribution in [1.29, 1.82) is 0 Å². The van der Waals surface area contributed by atoms with Crippen LogP contribution in [0.4, 0.5) is 0 Å². The number of hydrogen-bond acceptors (Lipinski definition) is 5. The van der Waals surface area contributed by atoms with E-state index in [4.69, 9.17) is 4.74 Å². The first-order valence-corrected chi connectivity index (χ1v) is 12.2. The molecule has 32 heavy (non-hydrogen) atoms. The summed E-state index contributed by atoms with van der Waals surface area (Å²) in [6.07, 6.45) is -0.417. The van der Waals surface area contributed by atoms with Gasteiger partial charge in [0, 0.05) is 32.5 Å². The predicted molar refractivity (Wildman–Crippen MR) is 124 cm³/mol. The average Bonchev–Trinajstić information content (AvgIpc) is 2.75. The van der Waals surface area contributed by atoms with E-state index in [9.17, 15) is 18.3 Å². The number of aryl methyl sites for hydroxylation is 1. The highest BCUT2D eigenvalue weighted by Crippen LogP contribution is 2.36. The van der Waals surface area contributed by atoms with Gasteiger partial charge in [0.1, 0.15) is 16.7 Å². The lowest BCUT2D eigenvalue weighted by atomic mass is 10.0. The van der Waals surface area contributed by atoms with Crippen LogP contribution < -0.4 is 4.74 Å². The molecule has 1 amide bonds. The van der Waals surface area contributed by atoms with Crippen LogP contribution in [0.5, 0.6) is 5.75 Å². The lowest BCUT2D eigenvalue weighted by Crippen LogP contribution is -2.50. The van der Waals surface area contributed by atoms with E-state index in [1.807, 2.05) is 38.1 Å². The van der Waals surface area contributed by atoms with Crippen molar-refractivity contribution in [3.63, 3.8) is 0 Å². The molecule has 174 valence electrons. The third-order valence-electron chi connectivity index (χ3n) is 6.04. The smallest absolute Gasteiger partial charge is 0.247 e. The van der Waals surface area contributed by atoms with Crippen LogP contribution in [0.15, 0.2) is 47.4 Å². The molecular formula is C24H32N2O5S. The molecular weight excluding hydrogens is 428 g/mol. The number of nitrogens with zero attached hydrogens (tertiary/aromatic N) is 2. The van der Waals surface area contributed by atoms with E-state index in [-0.39, 0.29) is 35.6 Å². The van der Waals surface area contributed by atoms with Gasteiger partial charge in [0.25, 0.3) is 0 Å². The second kappa shape index (κ2) is 9.60. The SMILES string of the molecule is CC(=O)N(C)C[C@H]1Oc2cc(-c3ccc(C)cc3)ccc2S(=O)(=O)N([C@@H](C)CO)C[C@H]1C. The molecule has 0 saturated carbocycles. The number of amides is 1. The third kappa shape index (κ3) is 4.98. The fraction of sp³-hybridized carbons (Fsp3) is 0.458. The minimum absolute atomic E-state index is 0.0658. The van der Waals surface area contributed by atoms with Gasteiger partial charge in [-0.15, -0.1) is 0 Å². The Morgan fingerprint density at radius 1 is 1.22 bits per heavy atom. The van der Waals surface area contributed by atoms with Crippen LogP contribution in [0, 0.1) is 12.8 Å². The van der Waals surface area contributed by atoms with Crippen molar-refractivity contribution in [3.05, 3.63) is 48.0 Å². The molecule has 1 heterocycles. The summed E-state index contributed by atoms with van der Waals surface area (Å²) in [4.78, 5) is 13.5. The highest BCUT2D eigenvalue weighted by Gasteiger charge is 2.38. The molecule has 0 aliphatic carbocycles. The van der Waals surface area contributed by atoms with Gasteiger partial charge in [0.05, 0.1) is 13.2 Å². The highest BCUT2D eigenvalue weighted by atomic mass is 32.2. The normalized spacial score (nSPS) is 21.6. The fourth-order valence-corrected chi connectivity index (χ4v) is 5.59. The number of likely N-dealkylation sites (N-methyl/N-ethyl adjacent to an activating group) is 1.